The summed E-state index contributed by atoms with van der Waals surface area (Å²) in [6, 6.07) is 7.94. The molecular formula is C26H35BF3N5O5. The molecule has 0 aliphatic carbocycles. The van der Waals surface area contributed by atoms with Crippen molar-refractivity contribution in [1.82, 2.24) is 10.2 Å². The Labute approximate surface area is 230 Å². The normalized spacial score (nSPS) is 12.9. The zero-order chi connectivity index (χ0) is 29.9. The van der Waals surface area contributed by atoms with Crippen molar-refractivity contribution < 1.29 is 37.6 Å². The van der Waals surface area contributed by atoms with Crippen molar-refractivity contribution in [2.75, 3.05) is 26.2 Å². The van der Waals surface area contributed by atoms with E-state index in [1.165, 1.54) is 29.2 Å². The van der Waals surface area contributed by atoms with Crippen molar-refractivity contribution in [2.24, 2.45) is 17.2 Å². The molecule has 10 nitrogen and oxygen atoms in total. The lowest BCUT2D eigenvalue weighted by atomic mass is 9.75. The standard InChI is InChI=1S/C26H35BF3N5O5/c28-26(29,30)19-7-5-17(6-8-19)15-22(23(36)16-18-3-1-2-4-20(18)27(39)40)34-25(38)21(33)9-10-24(37)35(13-11-31)14-12-32/h1-8,21-22,39-40H,9-16,31-33H2,(H,34,38)/t21-,22+/m0/s1. The molecule has 0 heterocycles. The van der Waals surface area contributed by atoms with Gasteiger partial charge in [0, 0.05) is 39.0 Å². The van der Waals surface area contributed by atoms with Gasteiger partial charge in [-0.05, 0) is 41.6 Å². The van der Waals surface area contributed by atoms with Crippen LogP contribution in [0.5, 0.6) is 0 Å². The van der Waals surface area contributed by atoms with Gasteiger partial charge in [0.05, 0.1) is 17.6 Å². The fourth-order valence-electron chi connectivity index (χ4n) is 4.09. The molecule has 0 saturated heterocycles. The Morgan fingerprint density at radius 3 is 2.12 bits per heavy atom. The van der Waals surface area contributed by atoms with E-state index in [0.29, 0.717) is 24.2 Å². The minimum absolute atomic E-state index is 0.0307. The summed E-state index contributed by atoms with van der Waals surface area (Å²) in [7, 11) is -1.84. The molecule has 2 aromatic carbocycles. The number of hydrogen-bond donors (Lipinski definition) is 6. The molecule has 2 amide bonds. The SMILES string of the molecule is NCCN(CCN)C(=O)CC[C@H](N)C(=O)N[C@H](Cc1ccc(C(F)(F)F)cc1)C(=O)Cc1ccccc1B(O)O. The van der Waals surface area contributed by atoms with E-state index in [1.54, 1.807) is 12.1 Å². The summed E-state index contributed by atoms with van der Waals surface area (Å²) < 4.78 is 38.9. The summed E-state index contributed by atoms with van der Waals surface area (Å²) in [6.45, 7) is 1.07. The maximum absolute atomic E-state index is 13.3. The van der Waals surface area contributed by atoms with Crippen LogP contribution < -0.4 is 28.0 Å². The van der Waals surface area contributed by atoms with Crippen molar-refractivity contribution in [1.29, 1.82) is 0 Å². The number of halogens is 3. The summed E-state index contributed by atoms with van der Waals surface area (Å²) in [5.74, 6) is -1.53. The number of carbonyl (C=O) groups is 3. The molecule has 40 heavy (non-hydrogen) atoms. The first-order chi connectivity index (χ1) is 18.9. The average molecular weight is 565 g/mol. The van der Waals surface area contributed by atoms with E-state index >= 15 is 0 Å². The second-order valence-electron chi connectivity index (χ2n) is 9.28. The molecule has 0 aliphatic rings. The van der Waals surface area contributed by atoms with Gasteiger partial charge >= 0.3 is 13.3 Å². The van der Waals surface area contributed by atoms with Crippen molar-refractivity contribution in [3.63, 3.8) is 0 Å². The third-order valence-electron chi connectivity index (χ3n) is 6.28. The molecule has 0 spiro atoms. The summed E-state index contributed by atoms with van der Waals surface area (Å²) in [5, 5.41) is 21.8. The zero-order valence-electron chi connectivity index (χ0n) is 21.9. The fraction of sp³-hybridized carbons (Fsp3) is 0.423. The number of hydrogen-bond acceptors (Lipinski definition) is 8. The van der Waals surface area contributed by atoms with Crippen LogP contribution in [0.25, 0.3) is 0 Å². The molecule has 0 aromatic heterocycles. The van der Waals surface area contributed by atoms with E-state index in [4.69, 9.17) is 17.2 Å². The molecule has 0 fully saturated rings. The number of rotatable bonds is 15. The molecule has 9 N–H and O–H groups in total. The summed E-state index contributed by atoms with van der Waals surface area (Å²) in [6.07, 6.45) is -5.06. The summed E-state index contributed by atoms with van der Waals surface area (Å²) in [5.41, 5.74) is 16.9. The number of Topliss-reactive ketones (excluding diaryl/α,β-unsaturated/α-hetero) is 1. The van der Waals surface area contributed by atoms with Crippen molar-refractivity contribution in [3.8, 4) is 0 Å². The number of carbonyl (C=O) groups excluding carboxylic acids is 3. The second kappa shape index (κ2) is 15.5. The second-order valence-corrected chi connectivity index (χ2v) is 9.28. The Hall–Kier alpha value is -3.30. The first kappa shape index (κ1) is 32.9. The van der Waals surface area contributed by atoms with E-state index in [1.807, 2.05) is 0 Å². The van der Waals surface area contributed by atoms with Gasteiger partial charge < -0.3 is 37.5 Å². The lowest BCUT2D eigenvalue weighted by molar-refractivity contribution is -0.137. The summed E-state index contributed by atoms with van der Waals surface area (Å²) >= 11 is 0. The number of amides is 2. The first-order valence-electron chi connectivity index (χ1n) is 12.7. The molecule has 2 aromatic rings. The van der Waals surface area contributed by atoms with E-state index in [9.17, 15) is 37.6 Å². The van der Waals surface area contributed by atoms with Gasteiger partial charge in [-0.25, -0.2) is 0 Å². The molecule has 2 atom stereocenters. The van der Waals surface area contributed by atoms with Gasteiger partial charge in [0.15, 0.2) is 5.78 Å². The highest BCUT2D eigenvalue weighted by molar-refractivity contribution is 6.59. The minimum Gasteiger partial charge on any atom is -0.423 e. The van der Waals surface area contributed by atoms with Crippen molar-refractivity contribution >= 4 is 30.2 Å². The van der Waals surface area contributed by atoms with Crippen LogP contribution >= 0.6 is 0 Å². The molecule has 218 valence electrons. The Balaban J connectivity index is 2.19. The van der Waals surface area contributed by atoms with Crippen LogP contribution in [0.4, 0.5) is 13.2 Å². The lowest BCUT2D eigenvalue weighted by Crippen LogP contribution is -2.50. The highest BCUT2D eigenvalue weighted by atomic mass is 19.4. The average Bonchev–Trinajstić information content (AvgIpc) is 2.90. The molecule has 0 aliphatic heterocycles. The van der Waals surface area contributed by atoms with E-state index in [-0.39, 0.29) is 50.1 Å². The third-order valence-corrected chi connectivity index (χ3v) is 6.28. The van der Waals surface area contributed by atoms with Crippen LogP contribution in [0.1, 0.15) is 29.5 Å². The number of alkyl halides is 3. The fourth-order valence-corrected chi connectivity index (χ4v) is 4.09. The van der Waals surface area contributed by atoms with Gasteiger partial charge in [-0.1, -0.05) is 36.4 Å². The van der Waals surface area contributed by atoms with Gasteiger partial charge in [0.1, 0.15) is 0 Å². The lowest BCUT2D eigenvalue weighted by Gasteiger charge is -2.23. The highest BCUT2D eigenvalue weighted by Crippen LogP contribution is 2.29. The topological polar surface area (TPSA) is 185 Å². The molecule has 0 saturated carbocycles. The van der Waals surface area contributed by atoms with Gasteiger partial charge in [0.25, 0.3) is 0 Å². The van der Waals surface area contributed by atoms with Gasteiger partial charge in [-0.15, -0.1) is 0 Å². The molecule has 0 bridgehead atoms. The van der Waals surface area contributed by atoms with Gasteiger partial charge in [0.2, 0.25) is 11.8 Å². The van der Waals surface area contributed by atoms with Crippen LogP contribution in [0, 0.1) is 0 Å². The quantitative estimate of drug-likeness (QED) is 0.150. The highest BCUT2D eigenvalue weighted by Gasteiger charge is 2.31. The Morgan fingerprint density at radius 1 is 0.975 bits per heavy atom. The maximum atomic E-state index is 13.3. The number of nitrogens with zero attached hydrogens (tertiary/aromatic N) is 1. The molecule has 0 radical (unpaired) electrons. The van der Waals surface area contributed by atoms with Crippen LogP contribution in [0.15, 0.2) is 48.5 Å². The number of nitrogens with two attached hydrogens (primary N) is 3. The predicted octanol–water partition coefficient (Wildman–Crippen LogP) is -0.922. The summed E-state index contributed by atoms with van der Waals surface area (Å²) in [4.78, 5) is 40.1. The largest absolute Gasteiger partial charge is 0.488 e. The van der Waals surface area contributed by atoms with Crippen LogP contribution in [-0.2, 0) is 33.4 Å². The van der Waals surface area contributed by atoms with Crippen molar-refractivity contribution in [2.45, 2.75) is 43.9 Å². The van der Waals surface area contributed by atoms with Crippen LogP contribution in [0.2, 0.25) is 0 Å². The maximum Gasteiger partial charge on any atom is 0.488 e. The number of benzene rings is 2. The van der Waals surface area contributed by atoms with Gasteiger partial charge in [-0.3, -0.25) is 14.4 Å². The molecule has 2 rings (SSSR count). The molecule has 0 unspecified atom stereocenters. The monoisotopic (exact) mass is 565 g/mol. The number of nitrogens with one attached hydrogen (secondary N) is 1. The Bertz CT molecular complexity index is 1130. The van der Waals surface area contributed by atoms with Crippen LogP contribution in [0.3, 0.4) is 0 Å². The van der Waals surface area contributed by atoms with Crippen LogP contribution in [-0.4, -0.2) is 77.9 Å². The third kappa shape index (κ3) is 10.0. The zero-order valence-corrected chi connectivity index (χ0v) is 21.9. The first-order valence-corrected chi connectivity index (χ1v) is 12.7. The van der Waals surface area contributed by atoms with E-state index < -0.39 is 42.6 Å². The Morgan fingerprint density at radius 2 is 1.57 bits per heavy atom. The van der Waals surface area contributed by atoms with E-state index in [2.05, 4.69) is 5.32 Å². The minimum atomic E-state index is -4.54. The Kier molecular flexibility index (Phi) is 12.7. The van der Waals surface area contributed by atoms with E-state index in [0.717, 1.165) is 12.1 Å². The van der Waals surface area contributed by atoms with Crippen molar-refractivity contribution in [3.05, 3.63) is 65.2 Å². The molecule has 14 heteroatoms. The molecular weight excluding hydrogens is 530 g/mol. The number of ketones is 1. The van der Waals surface area contributed by atoms with Gasteiger partial charge in [-0.2, -0.15) is 13.2 Å². The smallest absolute Gasteiger partial charge is 0.423 e. The predicted molar refractivity (Wildman–Crippen MR) is 144 cm³/mol.